The van der Waals surface area contributed by atoms with Crippen molar-refractivity contribution in [2.75, 3.05) is 45.8 Å². The number of benzene rings is 1. The van der Waals surface area contributed by atoms with Crippen molar-refractivity contribution < 1.29 is 9.90 Å². The van der Waals surface area contributed by atoms with Crippen LogP contribution in [0.3, 0.4) is 0 Å². The average molecular weight is 388 g/mol. The predicted octanol–water partition coefficient (Wildman–Crippen LogP) is 2.69. The van der Waals surface area contributed by atoms with Crippen molar-refractivity contribution in [1.29, 1.82) is 0 Å². The summed E-state index contributed by atoms with van der Waals surface area (Å²) in [5.74, 6) is 0.413. The normalized spacial score (nSPS) is 24.9. The molecule has 2 aliphatic rings. The molecule has 156 valence electrons. The summed E-state index contributed by atoms with van der Waals surface area (Å²) in [5.41, 5.74) is 1.21. The fourth-order valence-corrected chi connectivity index (χ4v) is 4.45. The topological polar surface area (TPSA) is 47.0 Å². The van der Waals surface area contributed by atoms with Gasteiger partial charge in [-0.1, -0.05) is 45.0 Å². The Labute approximate surface area is 170 Å². The Balaban J connectivity index is 1.58. The third-order valence-electron chi connectivity index (χ3n) is 6.21. The van der Waals surface area contributed by atoms with Crippen LogP contribution in [0.25, 0.3) is 0 Å². The van der Waals surface area contributed by atoms with E-state index < -0.39 is 5.60 Å². The number of amides is 1. The van der Waals surface area contributed by atoms with Gasteiger partial charge in [0.1, 0.15) is 0 Å². The van der Waals surface area contributed by atoms with E-state index in [1.54, 1.807) is 0 Å². The molecule has 1 N–H and O–H groups in total. The van der Waals surface area contributed by atoms with Gasteiger partial charge in [-0.15, -0.1) is 0 Å². The standard InChI is InChI=1S/C23H37N3O2/c1-4-11-24-13-15-25(16-14-24)18-23(28)10-5-12-26(22(23)27)17-20-6-8-21(9-7-20)19(2)3/h6-9,19,28H,4-5,10-18H2,1-3H3. The molecule has 0 aromatic heterocycles. The highest BCUT2D eigenvalue weighted by molar-refractivity contribution is 5.86. The highest BCUT2D eigenvalue weighted by Crippen LogP contribution is 2.26. The van der Waals surface area contributed by atoms with Crippen molar-refractivity contribution in [2.45, 2.75) is 58.1 Å². The van der Waals surface area contributed by atoms with Crippen molar-refractivity contribution in [3.63, 3.8) is 0 Å². The molecule has 0 radical (unpaired) electrons. The Hall–Kier alpha value is -1.43. The first-order valence-corrected chi connectivity index (χ1v) is 11.0. The van der Waals surface area contributed by atoms with Crippen LogP contribution in [0.5, 0.6) is 0 Å². The maximum Gasteiger partial charge on any atom is 0.256 e. The van der Waals surface area contributed by atoms with Crippen LogP contribution in [0.15, 0.2) is 24.3 Å². The van der Waals surface area contributed by atoms with E-state index >= 15 is 0 Å². The molecule has 0 saturated carbocycles. The van der Waals surface area contributed by atoms with Crippen molar-refractivity contribution in [2.24, 2.45) is 0 Å². The Morgan fingerprint density at radius 2 is 1.68 bits per heavy atom. The first kappa shape index (κ1) is 21.3. The smallest absolute Gasteiger partial charge is 0.256 e. The molecular formula is C23H37N3O2. The lowest BCUT2D eigenvalue weighted by molar-refractivity contribution is -0.160. The molecule has 0 spiro atoms. The predicted molar refractivity (Wildman–Crippen MR) is 113 cm³/mol. The van der Waals surface area contributed by atoms with Crippen molar-refractivity contribution in [3.8, 4) is 0 Å². The van der Waals surface area contributed by atoms with Crippen LogP contribution in [-0.4, -0.2) is 77.1 Å². The summed E-state index contributed by atoms with van der Waals surface area (Å²) in [7, 11) is 0. The lowest BCUT2D eigenvalue weighted by Gasteiger charge is -2.43. The second-order valence-electron chi connectivity index (χ2n) is 8.88. The lowest BCUT2D eigenvalue weighted by Crippen LogP contribution is -2.60. The fraction of sp³-hybridized carbons (Fsp3) is 0.696. The summed E-state index contributed by atoms with van der Waals surface area (Å²) in [4.78, 5) is 19.7. The molecule has 0 bridgehead atoms. The van der Waals surface area contributed by atoms with Crippen molar-refractivity contribution in [1.82, 2.24) is 14.7 Å². The Bertz CT molecular complexity index is 638. The molecule has 1 aromatic rings. The number of rotatable bonds is 7. The van der Waals surface area contributed by atoms with Gasteiger partial charge in [-0.25, -0.2) is 0 Å². The molecule has 28 heavy (non-hydrogen) atoms. The minimum Gasteiger partial charge on any atom is -0.379 e. The first-order valence-electron chi connectivity index (χ1n) is 11.0. The van der Waals surface area contributed by atoms with Crippen LogP contribution < -0.4 is 0 Å². The van der Waals surface area contributed by atoms with Gasteiger partial charge in [-0.05, 0) is 42.9 Å². The maximum absolute atomic E-state index is 13.1. The summed E-state index contributed by atoms with van der Waals surface area (Å²) in [6.45, 7) is 13.4. The van der Waals surface area contributed by atoms with Gasteiger partial charge in [0, 0.05) is 45.8 Å². The minimum absolute atomic E-state index is 0.0947. The molecule has 1 amide bonds. The average Bonchev–Trinajstić information content (AvgIpc) is 2.68. The molecule has 5 nitrogen and oxygen atoms in total. The zero-order chi connectivity index (χ0) is 20.1. The highest BCUT2D eigenvalue weighted by atomic mass is 16.3. The lowest BCUT2D eigenvalue weighted by atomic mass is 9.90. The summed E-state index contributed by atoms with van der Waals surface area (Å²) in [6.07, 6.45) is 2.61. The zero-order valence-electron chi connectivity index (χ0n) is 17.9. The number of hydrogen-bond donors (Lipinski definition) is 1. The van der Waals surface area contributed by atoms with Crippen LogP contribution in [0, 0.1) is 0 Å². The number of carbonyl (C=O) groups excluding carboxylic acids is 1. The van der Waals surface area contributed by atoms with Gasteiger partial charge in [0.25, 0.3) is 5.91 Å². The number of carbonyl (C=O) groups is 1. The summed E-state index contributed by atoms with van der Waals surface area (Å²) >= 11 is 0. The summed E-state index contributed by atoms with van der Waals surface area (Å²) < 4.78 is 0. The Kier molecular flexibility index (Phi) is 7.13. The number of β-amino-alcohol motifs (C(OH)–C–C–N with tert-alkyl or cyclic N) is 1. The first-order chi connectivity index (χ1) is 13.4. The van der Waals surface area contributed by atoms with E-state index in [1.807, 2.05) is 4.90 Å². The molecule has 1 atom stereocenters. The molecule has 2 aliphatic heterocycles. The van der Waals surface area contributed by atoms with Gasteiger partial charge in [-0.2, -0.15) is 0 Å². The van der Waals surface area contributed by atoms with Gasteiger partial charge in [0.2, 0.25) is 0 Å². The number of nitrogens with zero attached hydrogens (tertiary/aromatic N) is 3. The molecule has 1 unspecified atom stereocenters. The molecule has 2 heterocycles. The van der Waals surface area contributed by atoms with E-state index in [1.165, 1.54) is 12.0 Å². The number of piperazine rings is 1. The monoisotopic (exact) mass is 387 g/mol. The second-order valence-corrected chi connectivity index (χ2v) is 8.88. The Morgan fingerprint density at radius 3 is 2.29 bits per heavy atom. The highest BCUT2D eigenvalue weighted by Gasteiger charge is 2.43. The molecule has 3 rings (SSSR count). The van der Waals surface area contributed by atoms with E-state index in [0.717, 1.165) is 51.3 Å². The Morgan fingerprint density at radius 1 is 1.04 bits per heavy atom. The molecular weight excluding hydrogens is 350 g/mol. The van der Waals surface area contributed by atoms with E-state index in [4.69, 9.17) is 0 Å². The van der Waals surface area contributed by atoms with Crippen LogP contribution in [0.2, 0.25) is 0 Å². The van der Waals surface area contributed by atoms with Gasteiger partial charge in [0.15, 0.2) is 5.60 Å². The number of aliphatic hydroxyl groups is 1. The second kappa shape index (κ2) is 9.38. The molecule has 5 heteroatoms. The van der Waals surface area contributed by atoms with Crippen LogP contribution in [0.1, 0.15) is 57.1 Å². The number of likely N-dealkylation sites (tertiary alicyclic amines) is 1. The summed E-state index contributed by atoms with van der Waals surface area (Å²) in [5, 5.41) is 11.2. The largest absolute Gasteiger partial charge is 0.379 e. The number of piperidine rings is 1. The number of hydrogen-bond acceptors (Lipinski definition) is 4. The van der Waals surface area contributed by atoms with Crippen molar-refractivity contribution in [3.05, 3.63) is 35.4 Å². The third kappa shape index (κ3) is 5.13. The van der Waals surface area contributed by atoms with Gasteiger partial charge in [0.05, 0.1) is 0 Å². The quantitative estimate of drug-likeness (QED) is 0.781. The van der Waals surface area contributed by atoms with E-state index in [-0.39, 0.29) is 5.91 Å². The van der Waals surface area contributed by atoms with Gasteiger partial charge >= 0.3 is 0 Å². The van der Waals surface area contributed by atoms with E-state index in [9.17, 15) is 9.90 Å². The van der Waals surface area contributed by atoms with Crippen molar-refractivity contribution >= 4 is 5.91 Å². The molecule has 0 aliphatic carbocycles. The van der Waals surface area contributed by atoms with Crippen LogP contribution in [-0.2, 0) is 11.3 Å². The molecule has 1 aromatic carbocycles. The molecule has 2 fully saturated rings. The summed E-state index contributed by atoms with van der Waals surface area (Å²) in [6, 6.07) is 8.53. The van der Waals surface area contributed by atoms with Gasteiger partial charge in [-0.3, -0.25) is 9.69 Å². The fourth-order valence-electron chi connectivity index (χ4n) is 4.45. The SMILES string of the molecule is CCCN1CCN(CC2(O)CCCN(Cc3ccc(C(C)C)cc3)C2=O)CC1. The van der Waals surface area contributed by atoms with Crippen LogP contribution in [0.4, 0.5) is 0 Å². The third-order valence-corrected chi connectivity index (χ3v) is 6.21. The van der Waals surface area contributed by atoms with E-state index in [0.29, 0.717) is 25.4 Å². The maximum atomic E-state index is 13.1. The zero-order valence-corrected chi connectivity index (χ0v) is 17.9. The minimum atomic E-state index is -1.23. The molecule has 2 saturated heterocycles. The van der Waals surface area contributed by atoms with Gasteiger partial charge < -0.3 is 14.9 Å². The van der Waals surface area contributed by atoms with Crippen LogP contribution >= 0.6 is 0 Å². The van der Waals surface area contributed by atoms with E-state index in [2.05, 4.69) is 54.8 Å².